The van der Waals surface area contributed by atoms with Gasteiger partial charge in [0.25, 0.3) is 0 Å². The van der Waals surface area contributed by atoms with Crippen LogP contribution < -0.4 is 9.46 Å². The summed E-state index contributed by atoms with van der Waals surface area (Å²) < 4.78 is 21.3. The zero-order valence-corrected chi connectivity index (χ0v) is 24.4. The number of benzene rings is 2. The van der Waals surface area contributed by atoms with Gasteiger partial charge < -0.3 is 9.84 Å². The van der Waals surface area contributed by atoms with Gasteiger partial charge in [0.2, 0.25) is 0 Å². The molecule has 0 spiro atoms. The Morgan fingerprint density at radius 1 is 0.914 bits per heavy atom. The molecular weight excluding hydrogens is 454 g/mol. The first-order valence-corrected chi connectivity index (χ1v) is 14.0. The molecule has 5 heteroatoms. The third kappa shape index (κ3) is 7.18. The van der Waals surface area contributed by atoms with Crippen LogP contribution in [0, 0.1) is 19.3 Å². The van der Waals surface area contributed by atoms with Crippen molar-refractivity contribution in [2.45, 2.75) is 105 Å². The van der Waals surface area contributed by atoms with E-state index in [2.05, 4.69) is 62.7 Å². The lowest BCUT2D eigenvalue weighted by Crippen LogP contribution is -2.33. The van der Waals surface area contributed by atoms with Gasteiger partial charge in [-0.05, 0) is 86.8 Å². The Kier molecular flexibility index (Phi) is 9.77. The Balaban J connectivity index is 2.31. The number of rotatable bonds is 10. The van der Waals surface area contributed by atoms with Crippen molar-refractivity contribution in [1.29, 1.82) is 0 Å². The highest BCUT2D eigenvalue weighted by atomic mass is 32.2. The average Bonchev–Trinajstić information content (AvgIpc) is 2.77. The molecule has 0 fully saturated rings. The molecule has 0 saturated carbocycles. The number of hydrogen-bond donors (Lipinski definition) is 2. The van der Waals surface area contributed by atoms with Crippen LogP contribution in [0.15, 0.2) is 36.4 Å². The predicted octanol–water partition coefficient (Wildman–Crippen LogP) is 6.75. The molecule has 2 aromatic rings. The van der Waals surface area contributed by atoms with E-state index in [-0.39, 0.29) is 22.2 Å². The smallest absolute Gasteiger partial charge is 0.122 e. The van der Waals surface area contributed by atoms with Crippen molar-refractivity contribution in [2.24, 2.45) is 5.41 Å². The molecule has 2 aromatic carbocycles. The molecule has 0 aliphatic rings. The molecule has 35 heavy (non-hydrogen) atoms. The molecule has 2 atom stereocenters. The van der Waals surface area contributed by atoms with E-state index >= 15 is 0 Å². The van der Waals surface area contributed by atoms with E-state index < -0.39 is 17.1 Å². The fourth-order valence-corrected chi connectivity index (χ4v) is 5.03. The van der Waals surface area contributed by atoms with E-state index in [0.717, 1.165) is 24.2 Å². The molecule has 0 radical (unpaired) electrons. The summed E-state index contributed by atoms with van der Waals surface area (Å²) in [5, 5.41) is 10.4. The lowest BCUT2D eigenvalue weighted by atomic mass is 9.70. The zero-order valence-electron chi connectivity index (χ0n) is 23.5. The van der Waals surface area contributed by atoms with Crippen molar-refractivity contribution in [3.05, 3.63) is 64.2 Å². The maximum Gasteiger partial charge on any atom is 0.122 e. The fraction of sp³-hybridized carbons (Fsp3) is 0.600. The second-order valence-corrected chi connectivity index (χ2v) is 13.9. The Hall–Kier alpha value is -1.69. The van der Waals surface area contributed by atoms with Crippen LogP contribution in [0.2, 0.25) is 0 Å². The quantitative estimate of drug-likeness (QED) is 0.379. The molecule has 2 unspecified atom stereocenters. The van der Waals surface area contributed by atoms with Crippen LogP contribution in [0.25, 0.3) is 0 Å². The summed E-state index contributed by atoms with van der Waals surface area (Å²) in [7, 11) is -1.09. The minimum Gasteiger partial charge on any atom is -0.491 e. The molecule has 0 aromatic heterocycles. The van der Waals surface area contributed by atoms with Crippen LogP contribution in [0.1, 0.15) is 96.0 Å². The number of nitrogens with one attached hydrogen (secondary N) is 1. The van der Waals surface area contributed by atoms with Crippen molar-refractivity contribution in [1.82, 2.24) is 4.72 Å². The lowest BCUT2D eigenvalue weighted by molar-refractivity contribution is 0.0216. The Morgan fingerprint density at radius 2 is 1.46 bits per heavy atom. The van der Waals surface area contributed by atoms with Crippen LogP contribution in [-0.2, 0) is 22.9 Å². The molecule has 0 saturated heterocycles. The number of aryl methyl sites for hydroxylation is 2. The van der Waals surface area contributed by atoms with Crippen molar-refractivity contribution >= 4 is 11.0 Å². The Bertz CT molecular complexity index is 1010. The molecule has 0 amide bonds. The average molecular weight is 502 g/mol. The minimum atomic E-state index is -1.09. The number of hydrogen-bond acceptors (Lipinski definition) is 3. The summed E-state index contributed by atoms with van der Waals surface area (Å²) in [6.07, 6.45) is 1.44. The van der Waals surface area contributed by atoms with Crippen molar-refractivity contribution in [3.63, 3.8) is 0 Å². The minimum absolute atomic E-state index is 0.0981. The molecular formula is C30H47NO3S. The summed E-state index contributed by atoms with van der Waals surface area (Å²) in [5.74, 6) is 0.822. The summed E-state index contributed by atoms with van der Waals surface area (Å²) in [6.45, 7) is 21.6. The van der Waals surface area contributed by atoms with E-state index in [9.17, 15) is 9.32 Å². The first-order valence-electron chi connectivity index (χ1n) is 12.8. The number of aliphatic hydroxyl groups is 1. The van der Waals surface area contributed by atoms with Gasteiger partial charge in [-0.25, -0.2) is 8.93 Å². The largest absolute Gasteiger partial charge is 0.491 e. The Labute approximate surface area is 216 Å². The first-order chi connectivity index (χ1) is 16.2. The van der Waals surface area contributed by atoms with Gasteiger partial charge >= 0.3 is 0 Å². The molecule has 0 aliphatic heterocycles. The summed E-state index contributed by atoms with van der Waals surface area (Å²) >= 11 is 0. The fourth-order valence-electron chi connectivity index (χ4n) is 4.31. The summed E-state index contributed by atoms with van der Waals surface area (Å²) in [6, 6.07) is 13.2. The van der Waals surface area contributed by atoms with E-state index in [0.29, 0.717) is 6.54 Å². The van der Waals surface area contributed by atoms with E-state index in [1.807, 2.05) is 47.6 Å². The second kappa shape index (κ2) is 11.6. The number of ether oxygens (including phenoxy) is 1. The molecule has 0 heterocycles. The van der Waals surface area contributed by atoms with Gasteiger partial charge in [-0.2, -0.15) is 0 Å². The summed E-state index contributed by atoms with van der Waals surface area (Å²) in [5.41, 5.74) is 5.73. The maximum atomic E-state index is 12.4. The lowest BCUT2D eigenvalue weighted by Gasteiger charge is -2.34. The second-order valence-electron chi connectivity index (χ2n) is 11.8. The normalized spacial score (nSPS) is 14.6. The number of aliphatic hydroxyl groups excluding tert-OH is 1. The van der Waals surface area contributed by atoms with E-state index in [1.54, 1.807) is 0 Å². The zero-order chi connectivity index (χ0) is 26.6. The first kappa shape index (κ1) is 29.5. The predicted molar refractivity (Wildman–Crippen MR) is 149 cm³/mol. The molecule has 0 aliphatic carbocycles. The Morgan fingerprint density at radius 3 is 1.91 bits per heavy atom. The van der Waals surface area contributed by atoms with Gasteiger partial charge in [0.1, 0.15) is 12.4 Å². The van der Waals surface area contributed by atoms with Crippen LogP contribution in [0.3, 0.4) is 0 Å². The van der Waals surface area contributed by atoms with Crippen molar-refractivity contribution in [3.8, 4) is 5.75 Å². The van der Waals surface area contributed by atoms with Crippen molar-refractivity contribution < 1.29 is 14.1 Å². The van der Waals surface area contributed by atoms with Gasteiger partial charge in [0.15, 0.2) is 0 Å². The van der Waals surface area contributed by atoms with Crippen LogP contribution >= 0.6 is 0 Å². The monoisotopic (exact) mass is 501 g/mol. The van der Waals surface area contributed by atoms with Crippen LogP contribution in [0.5, 0.6) is 5.75 Å². The van der Waals surface area contributed by atoms with Gasteiger partial charge in [-0.1, -0.05) is 65.0 Å². The van der Waals surface area contributed by atoms with Gasteiger partial charge in [0, 0.05) is 12.0 Å². The highest BCUT2D eigenvalue weighted by molar-refractivity contribution is 7.84. The van der Waals surface area contributed by atoms with Gasteiger partial charge in [-0.3, -0.25) is 0 Å². The highest BCUT2D eigenvalue weighted by Gasteiger charge is 2.32. The molecule has 2 N–H and O–H groups in total. The molecule has 2 rings (SSSR count). The van der Waals surface area contributed by atoms with Crippen molar-refractivity contribution in [2.75, 3.05) is 6.61 Å². The highest BCUT2D eigenvalue weighted by Crippen LogP contribution is 2.41. The van der Waals surface area contributed by atoms with E-state index in [4.69, 9.17) is 4.74 Å². The van der Waals surface area contributed by atoms with E-state index in [1.165, 1.54) is 22.3 Å². The molecule has 0 bridgehead atoms. The van der Waals surface area contributed by atoms with Gasteiger partial charge in [-0.15, -0.1) is 0 Å². The van der Waals surface area contributed by atoms with Gasteiger partial charge in [0.05, 0.1) is 21.8 Å². The SMILES string of the molecule is CCC(CC)(c1ccc(CNS(=O)C(C)(C)C)c(C)c1)c1ccc(OCC(O)C(C)(C)C)c(C)c1. The maximum absolute atomic E-state index is 12.4. The summed E-state index contributed by atoms with van der Waals surface area (Å²) in [4.78, 5) is 0. The standard InChI is InChI=1S/C30H47NO3S/c1-11-30(12-2,24-14-13-23(21(3)17-24)19-31-35(33)29(8,9)10)25-15-16-26(22(4)18-25)34-20-27(32)28(5,6)7/h13-18,27,31-32H,11-12,19-20H2,1-10H3. The third-order valence-electron chi connectivity index (χ3n) is 7.18. The van der Waals surface area contributed by atoms with Crippen LogP contribution in [-0.4, -0.2) is 26.8 Å². The molecule has 4 nitrogen and oxygen atoms in total. The topological polar surface area (TPSA) is 58.6 Å². The molecule has 196 valence electrons. The van der Waals surface area contributed by atoms with Crippen LogP contribution in [0.4, 0.5) is 0 Å². The third-order valence-corrected chi connectivity index (χ3v) is 8.69.